The highest BCUT2D eigenvalue weighted by atomic mass is 19.3. The van der Waals surface area contributed by atoms with Gasteiger partial charge in [0.1, 0.15) is 11.5 Å². The van der Waals surface area contributed by atoms with Crippen molar-refractivity contribution in [2.45, 2.75) is 33.4 Å². The zero-order valence-electron chi connectivity index (χ0n) is 14.9. The van der Waals surface area contributed by atoms with Crippen molar-refractivity contribution in [2.75, 3.05) is 0 Å². The van der Waals surface area contributed by atoms with Crippen LogP contribution >= 0.6 is 0 Å². The Labute approximate surface area is 149 Å². The average Bonchev–Trinajstić information content (AvgIpc) is 2.78. The molecule has 0 bridgehead atoms. The van der Waals surface area contributed by atoms with Gasteiger partial charge in [0.2, 0.25) is 0 Å². The molecule has 0 aliphatic carbocycles. The maximum atomic E-state index is 14.6. The Balaban J connectivity index is 2.47. The molecule has 0 saturated carbocycles. The van der Waals surface area contributed by atoms with Gasteiger partial charge in [-0.05, 0) is 26.8 Å². The van der Waals surface area contributed by atoms with Gasteiger partial charge in [-0.15, -0.1) is 0 Å². The van der Waals surface area contributed by atoms with Crippen molar-refractivity contribution in [1.82, 2.24) is 23.5 Å². The van der Waals surface area contributed by atoms with Crippen LogP contribution in [-0.2, 0) is 7.05 Å². The second kappa shape index (κ2) is 6.25. The van der Waals surface area contributed by atoms with Crippen molar-refractivity contribution in [2.24, 2.45) is 7.05 Å². The first-order valence-electron chi connectivity index (χ1n) is 7.97. The van der Waals surface area contributed by atoms with Crippen LogP contribution in [0.15, 0.2) is 26.5 Å². The minimum absolute atomic E-state index is 0.0884. The summed E-state index contributed by atoms with van der Waals surface area (Å²) in [6.07, 6.45) is 0. The van der Waals surface area contributed by atoms with Gasteiger partial charge in [-0.2, -0.15) is 13.5 Å². The summed E-state index contributed by atoms with van der Waals surface area (Å²) in [5.74, 6) is -1.01. The quantitative estimate of drug-likeness (QED) is 0.686. The van der Waals surface area contributed by atoms with Gasteiger partial charge < -0.3 is 4.57 Å². The van der Waals surface area contributed by atoms with Gasteiger partial charge in [0.15, 0.2) is 0 Å². The lowest BCUT2D eigenvalue weighted by Crippen LogP contribution is -2.29. The van der Waals surface area contributed by atoms with Crippen LogP contribution in [0.4, 0.5) is 13.2 Å². The standard InChI is InChI=1S/C16H16F3N5O3/c1-7(2)22-12-6-11(9(17)5-10(12)20-8(3)13(22)25)23-15(26)21(4)24(14(18)19)16(23)27/h5-7,14H,1-4H3. The molecule has 11 heteroatoms. The highest BCUT2D eigenvalue weighted by molar-refractivity contribution is 5.78. The first-order valence-corrected chi connectivity index (χ1v) is 7.97. The summed E-state index contributed by atoms with van der Waals surface area (Å²) >= 11 is 0. The Morgan fingerprint density at radius 3 is 2.22 bits per heavy atom. The van der Waals surface area contributed by atoms with Crippen LogP contribution in [0.5, 0.6) is 0 Å². The molecule has 8 nitrogen and oxygen atoms in total. The molecule has 0 amide bonds. The first kappa shape index (κ1) is 18.7. The molecular weight excluding hydrogens is 367 g/mol. The zero-order valence-corrected chi connectivity index (χ0v) is 14.9. The molecule has 0 N–H and O–H groups in total. The highest BCUT2D eigenvalue weighted by Gasteiger charge is 2.24. The normalized spacial score (nSPS) is 11.9. The Bertz CT molecular complexity index is 1230. The molecule has 0 unspecified atom stereocenters. The Hall–Kier alpha value is -3.11. The fourth-order valence-corrected chi connectivity index (χ4v) is 2.99. The van der Waals surface area contributed by atoms with E-state index < -0.39 is 35.0 Å². The lowest BCUT2D eigenvalue weighted by atomic mass is 10.2. The van der Waals surface area contributed by atoms with E-state index in [1.165, 1.54) is 11.5 Å². The summed E-state index contributed by atoms with van der Waals surface area (Å²) in [4.78, 5) is 41.0. The monoisotopic (exact) mass is 383 g/mol. The van der Waals surface area contributed by atoms with Gasteiger partial charge in [-0.1, -0.05) is 0 Å². The number of hydrogen-bond acceptors (Lipinski definition) is 4. The minimum Gasteiger partial charge on any atom is -0.303 e. The molecule has 144 valence electrons. The summed E-state index contributed by atoms with van der Waals surface area (Å²) in [5.41, 5.74) is -3.02. The summed E-state index contributed by atoms with van der Waals surface area (Å²) < 4.78 is 42.7. The van der Waals surface area contributed by atoms with Crippen LogP contribution in [0.3, 0.4) is 0 Å². The third-order valence-corrected chi connectivity index (χ3v) is 4.24. The number of halogens is 3. The first-order chi connectivity index (χ1) is 12.6. The number of fused-ring (bicyclic) bond motifs is 1. The molecule has 0 saturated heterocycles. The molecule has 0 aliphatic rings. The van der Waals surface area contributed by atoms with Crippen molar-refractivity contribution in [3.63, 3.8) is 0 Å². The van der Waals surface area contributed by atoms with Gasteiger partial charge in [0.25, 0.3) is 5.56 Å². The summed E-state index contributed by atoms with van der Waals surface area (Å²) in [7, 11) is 0.973. The number of rotatable bonds is 3. The van der Waals surface area contributed by atoms with Crippen LogP contribution in [0.25, 0.3) is 16.7 Å². The van der Waals surface area contributed by atoms with E-state index in [0.29, 0.717) is 9.25 Å². The second-order valence-electron chi connectivity index (χ2n) is 6.30. The lowest BCUT2D eigenvalue weighted by molar-refractivity contribution is 0.0402. The molecular formula is C16H16F3N5O3. The van der Waals surface area contributed by atoms with E-state index in [4.69, 9.17) is 0 Å². The number of nitrogens with zero attached hydrogens (tertiary/aromatic N) is 5. The molecule has 0 fully saturated rings. The number of benzene rings is 1. The summed E-state index contributed by atoms with van der Waals surface area (Å²) in [5, 5.41) is 0. The second-order valence-corrected chi connectivity index (χ2v) is 6.30. The van der Waals surface area contributed by atoms with Crippen LogP contribution in [0.2, 0.25) is 0 Å². The molecule has 2 aromatic heterocycles. The Morgan fingerprint density at radius 1 is 1.07 bits per heavy atom. The van der Waals surface area contributed by atoms with Crippen LogP contribution in [0, 0.1) is 12.7 Å². The van der Waals surface area contributed by atoms with Gasteiger partial charge in [-0.25, -0.2) is 28.2 Å². The van der Waals surface area contributed by atoms with E-state index in [-0.39, 0.29) is 27.5 Å². The topological polar surface area (TPSA) is 83.8 Å². The van der Waals surface area contributed by atoms with Gasteiger partial charge in [-0.3, -0.25) is 4.79 Å². The Morgan fingerprint density at radius 2 is 1.70 bits per heavy atom. The summed E-state index contributed by atoms with van der Waals surface area (Å²) in [6.45, 7) is 1.65. The van der Waals surface area contributed by atoms with E-state index in [0.717, 1.165) is 19.2 Å². The molecule has 1 aromatic carbocycles. The lowest BCUT2D eigenvalue weighted by Gasteiger charge is -2.15. The van der Waals surface area contributed by atoms with Crippen molar-refractivity contribution < 1.29 is 13.2 Å². The van der Waals surface area contributed by atoms with E-state index in [2.05, 4.69) is 4.98 Å². The fraction of sp³-hybridized carbons (Fsp3) is 0.375. The van der Waals surface area contributed by atoms with Crippen molar-refractivity contribution in [3.05, 3.63) is 55.0 Å². The molecule has 0 spiro atoms. The van der Waals surface area contributed by atoms with Crippen LogP contribution in [0.1, 0.15) is 32.1 Å². The SMILES string of the molecule is Cc1nc2cc(F)c(-n3c(=O)n(C)n(C(F)F)c3=O)cc2n(C(C)C)c1=O. The number of aromatic nitrogens is 5. The molecule has 27 heavy (non-hydrogen) atoms. The van der Waals surface area contributed by atoms with E-state index in [1.807, 2.05) is 0 Å². The maximum Gasteiger partial charge on any atom is 0.356 e. The smallest absolute Gasteiger partial charge is 0.303 e. The average molecular weight is 383 g/mol. The molecule has 3 aromatic rings. The Kier molecular flexibility index (Phi) is 4.32. The highest BCUT2D eigenvalue weighted by Crippen LogP contribution is 2.21. The van der Waals surface area contributed by atoms with E-state index in [1.54, 1.807) is 13.8 Å². The fourth-order valence-electron chi connectivity index (χ4n) is 2.99. The molecule has 3 rings (SSSR count). The zero-order chi connectivity index (χ0) is 20.2. The number of alkyl halides is 2. The molecule has 0 radical (unpaired) electrons. The molecule has 0 aliphatic heterocycles. The van der Waals surface area contributed by atoms with E-state index >= 15 is 0 Å². The minimum atomic E-state index is -3.28. The number of aryl methyl sites for hydroxylation is 1. The maximum absolute atomic E-state index is 14.6. The largest absolute Gasteiger partial charge is 0.356 e. The van der Waals surface area contributed by atoms with Gasteiger partial charge in [0.05, 0.1) is 16.7 Å². The molecule has 0 atom stereocenters. The molecule has 2 heterocycles. The van der Waals surface area contributed by atoms with E-state index in [9.17, 15) is 27.6 Å². The predicted molar refractivity (Wildman–Crippen MR) is 91.2 cm³/mol. The van der Waals surface area contributed by atoms with Gasteiger partial charge in [0, 0.05) is 19.2 Å². The van der Waals surface area contributed by atoms with Gasteiger partial charge >= 0.3 is 17.9 Å². The van der Waals surface area contributed by atoms with Crippen LogP contribution < -0.4 is 16.9 Å². The van der Waals surface area contributed by atoms with Crippen molar-refractivity contribution in [1.29, 1.82) is 0 Å². The summed E-state index contributed by atoms with van der Waals surface area (Å²) in [6, 6.07) is 1.73. The predicted octanol–water partition coefficient (Wildman–Crippen LogP) is 1.47. The number of hydrogen-bond donors (Lipinski definition) is 0. The third-order valence-electron chi connectivity index (χ3n) is 4.24. The van der Waals surface area contributed by atoms with Crippen molar-refractivity contribution >= 4 is 11.0 Å². The van der Waals surface area contributed by atoms with Crippen LogP contribution in [-0.4, -0.2) is 23.5 Å². The third kappa shape index (κ3) is 2.69. The van der Waals surface area contributed by atoms with Crippen molar-refractivity contribution in [3.8, 4) is 5.69 Å².